The van der Waals surface area contributed by atoms with Crippen molar-refractivity contribution in [2.75, 3.05) is 37.4 Å². The van der Waals surface area contributed by atoms with E-state index >= 15 is 0 Å². The zero-order valence-corrected chi connectivity index (χ0v) is 21.9. The van der Waals surface area contributed by atoms with Gasteiger partial charge in [-0.1, -0.05) is 13.8 Å². The second-order valence-electron chi connectivity index (χ2n) is 10.4. The van der Waals surface area contributed by atoms with Crippen LogP contribution in [0.15, 0.2) is 47.6 Å². The zero-order valence-electron chi connectivity index (χ0n) is 21.9. The van der Waals surface area contributed by atoms with Crippen molar-refractivity contribution in [2.24, 2.45) is 4.99 Å². The maximum atomic E-state index is 12.7. The lowest BCUT2D eigenvalue weighted by Gasteiger charge is -2.23. The van der Waals surface area contributed by atoms with Crippen molar-refractivity contribution in [2.45, 2.75) is 45.1 Å². The van der Waals surface area contributed by atoms with Gasteiger partial charge in [0.25, 0.3) is 5.91 Å². The Kier molecular flexibility index (Phi) is 6.93. The Labute approximate surface area is 218 Å². The van der Waals surface area contributed by atoms with Crippen LogP contribution < -0.4 is 16.0 Å². The van der Waals surface area contributed by atoms with Crippen molar-refractivity contribution in [3.8, 4) is 11.3 Å². The van der Waals surface area contributed by atoms with Crippen molar-refractivity contribution in [3.63, 3.8) is 0 Å². The number of rotatable bonds is 6. The Morgan fingerprint density at radius 1 is 1.19 bits per heavy atom. The van der Waals surface area contributed by atoms with Crippen molar-refractivity contribution in [1.29, 1.82) is 0 Å². The minimum absolute atomic E-state index is 0.0195. The lowest BCUT2D eigenvalue weighted by Crippen LogP contribution is -2.38. The highest BCUT2D eigenvalue weighted by molar-refractivity contribution is 5.95. The van der Waals surface area contributed by atoms with E-state index in [1.165, 1.54) is 5.56 Å². The molecule has 8 heteroatoms. The summed E-state index contributed by atoms with van der Waals surface area (Å²) in [5, 5.41) is 9.98. The molecule has 1 amide bonds. The van der Waals surface area contributed by atoms with Gasteiger partial charge in [-0.3, -0.25) is 9.79 Å². The van der Waals surface area contributed by atoms with Crippen molar-refractivity contribution in [3.05, 3.63) is 64.8 Å². The second-order valence-corrected chi connectivity index (χ2v) is 10.4. The lowest BCUT2D eigenvalue weighted by atomic mass is 9.84. The van der Waals surface area contributed by atoms with Crippen molar-refractivity contribution >= 4 is 29.4 Å². The summed E-state index contributed by atoms with van der Waals surface area (Å²) in [6.07, 6.45) is 5.35. The third kappa shape index (κ3) is 5.34. The lowest BCUT2D eigenvalue weighted by molar-refractivity contribution is 0.0696. The van der Waals surface area contributed by atoms with E-state index in [1.807, 2.05) is 37.4 Å². The molecule has 2 aromatic carbocycles. The van der Waals surface area contributed by atoms with E-state index in [-0.39, 0.29) is 17.4 Å². The van der Waals surface area contributed by atoms with Gasteiger partial charge in [0, 0.05) is 78.7 Å². The normalized spacial score (nSPS) is 16.9. The Morgan fingerprint density at radius 3 is 2.76 bits per heavy atom. The number of nitrogens with one attached hydrogen (secondary N) is 3. The molecule has 0 unspecified atom stereocenters. The number of hydrogen-bond acceptors (Lipinski definition) is 7. The zero-order chi connectivity index (χ0) is 26.0. The number of anilines is 3. The fraction of sp³-hybridized carbons (Fsp3) is 0.379. The Morgan fingerprint density at radius 2 is 2.00 bits per heavy atom. The summed E-state index contributed by atoms with van der Waals surface area (Å²) in [6, 6.07) is 12.1. The predicted octanol–water partition coefficient (Wildman–Crippen LogP) is 4.86. The summed E-state index contributed by atoms with van der Waals surface area (Å²) >= 11 is 0. The summed E-state index contributed by atoms with van der Waals surface area (Å²) in [5.41, 5.74) is 7.78. The molecular weight excluding hydrogens is 464 g/mol. The number of benzene rings is 2. The van der Waals surface area contributed by atoms with Gasteiger partial charge in [0.15, 0.2) is 0 Å². The molecule has 1 fully saturated rings. The van der Waals surface area contributed by atoms with E-state index in [0.29, 0.717) is 24.7 Å². The Bertz CT molecular complexity index is 1340. The van der Waals surface area contributed by atoms with E-state index < -0.39 is 0 Å². The van der Waals surface area contributed by atoms with Gasteiger partial charge >= 0.3 is 0 Å². The minimum atomic E-state index is -0.0553. The van der Waals surface area contributed by atoms with E-state index in [9.17, 15) is 4.79 Å². The maximum absolute atomic E-state index is 12.7. The van der Waals surface area contributed by atoms with Crippen molar-refractivity contribution in [1.82, 2.24) is 15.3 Å². The van der Waals surface area contributed by atoms with Gasteiger partial charge in [0.1, 0.15) is 0 Å². The van der Waals surface area contributed by atoms with E-state index in [2.05, 4.69) is 51.9 Å². The molecule has 2 aliphatic rings. The van der Waals surface area contributed by atoms with Gasteiger partial charge in [-0.25, -0.2) is 9.97 Å². The first kappa shape index (κ1) is 24.9. The number of aliphatic imine (C=N–C) groups is 1. The van der Waals surface area contributed by atoms with E-state index in [0.717, 1.165) is 53.1 Å². The second kappa shape index (κ2) is 10.3. The smallest absolute Gasteiger partial charge is 0.251 e. The molecule has 0 spiro atoms. The molecule has 3 aromatic rings. The van der Waals surface area contributed by atoms with Crippen LogP contribution in [0.4, 0.5) is 17.3 Å². The summed E-state index contributed by atoms with van der Waals surface area (Å²) in [6.45, 7) is 8.73. The van der Waals surface area contributed by atoms with Crippen LogP contribution in [0.3, 0.4) is 0 Å². The number of ether oxygens (including phenoxy) is 1. The van der Waals surface area contributed by atoms with Crippen LogP contribution in [-0.2, 0) is 10.2 Å². The molecule has 0 aliphatic carbocycles. The highest BCUT2D eigenvalue weighted by atomic mass is 16.5. The van der Waals surface area contributed by atoms with Gasteiger partial charge < -0.3 is 20.7 Å². The first-order chi connectivity index (χ1) is 17.8. The van der Waals surface area contributed by atoms with Gasteiger partial charge in [0.05, 0.1) is 5.69 Å². The monoisotopic (exact) mass is 498 g/mol. The molecule has 37 heavy (non-hydrogen) atoms. The largest absolute Gasteiger partial charge is 0.383 e. The van der Waals surface area contributed by atoms with Crippen LogP contribution in [0.2, 0.25) is 0 Å². The molecule has 3 heterocycles. The summed E-state index contributed by atoms with van der Waals surface area (Å²) in [7, 11) is 1.79. The molecule has 0 saturated carbocycles. The molecule has 0 bridgehead atoms. The van der Waals surface area contributed by atoms with Gasteiger partial charge in [0.2, 0.25) is 5.95 Å². The molecule has 2 aliphatic heterocycles. The number of nitrogens with zero attached hydrogens (tertiary/aromatic N) is 3. The van der Waals surface area contributed by atoms with Crippen LogP contribution in [-0.4, -0.2) is 54.9 Å². The quantitative estimate of drug-likeness (QED) is 0.420. The van der Waals surface area contributed by atoms with Gasteiger partial charge in [-0.15, -0.1) is 0 Å². The minimum Gasteiger partial charge on any atom is -0.383 e. The van der Waals surface area contributed by atoms with Gasteiger partial charge in [-0.2, -0.15) is 0 Å². The van der Waals surface area contributed by atoms with Crippen molar-refractivity contribution < 1.29 is 9.53 Å². The molecule has 1 saturated heterocycles. The molecule has 5 rings (SSSR count). The topological polar surface area (TPSA) is 101 Å². The summed E-state index contributed by atoms with van der Waals surface area (Å²) in [5.74, 6) is 0.448. The molecule has 192 valence electrons. The summed E-state index contributed by atoms with van der Waals surface area (Å²) < 4.78 is 5.38. The summed E-state index contributed by atoms with van der Waals surface area (Å²) in [4.78, 5) is 26.2. The van der Waals surface area contributed by atoms with Crippen LogP contribution in [0.25, 0.3) is 11.3 Å². The molecule has 1 aromatic heterocycles. The average Bonchev–Trinajstić information content (AvgIpc) is 3.20. The number of amides is 1. The third-order valence-corrected chi connectivity index (χ3v) is 7.12. The highest BCUT2D eigenvalue weighted by Gasteiger charge is 2.31. The SMILES string of the molecule is CN=Cc1cc(-c2ccnc(Nc3ccc(C(=O)NC4CCOCC4)cc3C)n2)cc2c1NCC2(C)C. The third-order valence-electron chi connectivity index (χ3n) is 7.12. The number of aromatic nitrogens is 2. The first-order valence-electron chi connectivity index (χ1n) is 12.8. The standard InChI is InChI=1S/C29H34N6O2/c1-18-13-19(27(36)33-22-8-11-37-12-9-22)5-6-24(18)34-28-31-10-7-25(35-28)20-14-21(16-30-4)26-23(15-20)29(2,3)17-32-26/h5-7,10,13-16,22,32H,8-9,11-12,17H2,1-4H3,(H,33,36)(H,31,34,35). The van der Waals surface area contributed by atoms with E-state index in [4.69, 9.17) is 9.72 Å². The van der Waals surface area contributed by atoms with Gasteiger partial charge in [-0.05, 0) is 67.3 Å². The molecule has 0 atom stereocenters. The fourth-order valence-corrected chi connectivity index (χ4v) is 4.94. The molecular formula is C29H34N6O2. The fourth-order valence-electron chi connectivity index (χ4n) is 4.94. The van der Waals surface area contributed by atoms with Crippen LogP contribution in [0, 0.1) is 6.92 Å². The number of aryl methyl sites for hydroxylation is 1. The number of fused-ring (bicyclic) bond motifs is 1. The molecule has 3 N–H and O–H groups in total. The highest BCUT2D eigenvalue weighted by Crippen LogP contribution is 2.40. The predicted molar refractivity (Wildman–Crippen MR) is 148 cm³/mol. The molecule has 0 radical (unpaired) electrons. The first-order valence-corrected chi connectivity index (χ1v) is 12.8. The number of carbonyl (C=O) groups excluding carboxylic acids is 1. The average molecular weight is 499 g/mol. The number of carbonyl (C=O) groups is 1. The van der Waals surface area contributed by atoms with Crippen LogP contribution in [0.5, 0.6) is 0 Å². The maximum Gasteiger partial charge on any atom is 0.251 e. The van der Waals surface area contributed by atoms with Crippen LogP contribution >= 0.6 is 0 Å². The van der Waals surface area contributed by atoms with Crippen LogP contribution in [0.1, 0.15) is 53.7 Å². The Hall–Kier alpha value is -3.78. The molecule has 8 nitrogen and oxygen atoms in total. The Balaban J connectivity index is 1.37. The van der Waals surface area contributed by atoms with E-state index in [1.54, 1.807) is 13.2 Å². The number of hydrogen-bond donors (Lipinski definition) is 3.